The van der Waals surface area contributed by atoms with E-state index in [-0.39, 0.29) is 6.10 Å². The predicted octanol–water partition coefficient (Wildman–Crippen LogP) is 1.47. The largest absolute Gasteiger partial charge is 0.489 e. The number of ether oxygens (including phenoxy) is 1. The van der Waals surface area contributed by atoms with Gasteiger partial charge in [0.1, 0.15) is 5.75 Å². The molecular formula is C13H21N3O. The SMILES string of the molecule is CC(C)Oc1cc(N2CCNCC2)ccc1N. The molecule has 1 aliphatic rings. The van der Waals surface area contributed by atoms with Gasteiger partial charge >= 0.3 is 0 Å². The van der Waals surface area contributed by atoms with E-state index in [2.05, 4.69) is 16.3 Å². The van der Waals surface area contributed by atoms with Gasteiger partial charge < -0.3 is 20.7 Å². The van der Waals surface area contributed by atoms with Crippen LogP contribution < -0.4 is 20.7 Å². The molecule has 1 aromatic carbocycles. The molecule has 17 heavy (non-hydrogen) atoms. The van der Waals surface area contributed by atoms with E-state index in [9.17, 15) is 0 Å². The van der Waals surface area contributed by atoms with Crippen molar-refractivity contribution >= 4 is 11.4 Å². The Bertz CT molecular complexity index is 373. The van der Waals surface area contributed by atoms with Gasteiger partial charge in [-0.1, -0.05) is 0 Å². The second-order valence-electron chi connectivity index (χ2n) is 4.63. The quantitative estimate of drug-likeness (QED) is 0.779. The second kappa shape index (κ2) is 5.27. The van der Waals surface area contributed by atoms with Crippen LogP contribution in [0.2, 0.25) is 0 Å². The number of piperazine rings is 1. The lowest BCUT2D eigenvalue weighted by atomic mass is 10.2. The fourth-order valence-electron chi connectivity index (χ4n) is 2.00. The van der Waals surface area contributed by atoms with Crippen LogP contribution in [0.25, 0.3) is 0 Å². The van der Waals surface area contributed by atoms with Crippen LogP contribution in [-0.2, 0) is 0 Å². The molecule has 0 saturated carbocycles. The van der Waals surface area contributed by atoms with Crippen LogP contribution in [0.5, 0.6) is 5.75 Å². The van der Waals surface area contributed by atoms with Crippen molar-refractivity contribution in [3.05, 3.63) is 18.2 Å². The van der Waals surface area contributed by atoms with Gasteiger partial charge in [0.25, 0.3) is 0 Å². The molecule has 3 N–H and O–H groups in total. The number of nitrogens with one attached hydrogen (secondary N) is 1. The van der Waals surface area contributed by atoms with Crippen molar-refractivity contribution in [3.63, 3.8) is 0 Å². The zero-order chi connectivity index (χ0) is 12.3. The highest BCUT2D eigenvalue weighted by molar-refractivity contribution is 5.62. The van der Waals surface area contributed by atoms with Crippen molar-refractivity contribution in [1.29, 1.82) is 0 Å². The summed E-state index contributed by atoms with van der Waals surface area (Å²) in [5.41, 5.74) is 7.81. The molecule has 1 fully saturated rings. The van der Waals surface area contributed by atoms with Crippen LogP contribution >= 0.6 is 0 Å². The number of nitrogens with two attached hydrogens (primary N) is 1. The van der Waals surface area contributed by atoms with Crippen LogP contribution in [-0.4, -0.2) is 32.3 Å². The smallest absolute Gasteiger partial charge is 0.144 e. The van der Waals surface area contributed by atoms with Gasteiger partial charge in [-0.05, 0) is 26.0 Å². The van der Waals surface area contributed by atoms with Crippen molar-refractivity contribution < 1.29 is 4.74 Å². The molecule has 0 atom stereocenters. The molecule has 0 radical (unpaired) electrons. The van der Waals surface area contributed by atoms with Gasteiger partial charge in [-0.15, -0.1) is 0 Å². The Morgan fingerprint density at radius 2 is 2.00 bits per heavy atom. The summed E-state index contributed by atoms with van der Waals surface area (Å²) >= 11 is 0. The minimum Gasteiger partial charge on any atom is -0.489 e. The summed E-state index contributed by atoms with van der Waals surface area (Å²) in [6.45, 7) is 8.15. The number of nitrogens with zero attached hydrogens (tertiary/aromatic N) is 1. The zero-order valence-electron chi connectivity index (χ0n) is 10.6. The highest BCUT2D eigenvalue weighted by atomic mass is 16.5. The van der Waals surface area contributed by atoms with Crippen molar-refractivity contribution in [2.24, 2.45) is 0 Å². The van der Waals surface area contributed by atoms with E-state index in [4.69, 9.17) is 10.5 Å². The molecule has 4 heteroatoms. The van der Waals surface area contributed by atoms with Crippen LogP contribution in [0, 0.1) is 0 Å². The number of rotatable bonds is 3. The Labute approximate surface area is 103 Å². The number of hydrogen-bond donors (Lipinski definition) is 2. The van der Waals surface area contributed by atoms with Crippen LogP contribution in [0.15, 0.2) is 18.2 Å². The summed E-state index contributed by atoms with van der Waals surface area (Å²) < 4.78 is 5.71. The summed E-state index contributed by atoms with van der Waals surface area (Å²) in [5.74, 6) is 0.788. The van der Waals surface area contributed by atoms with Crippen LogP contribution in [0.4, 0.5) is 11.4 Å². The monoisotopic (exact) mass is 235 g/mol. The second-order valence-corrected chi connectivity index (χ2v) is 4.63. The molecule has 1 saturated heterocycles. The Kier molecular flexibility index (Phi) is 3.74. The van der Waals surface area contributed by atoms with E-state index in [0.29, 0.717) is 5.69 Å². The highest BCUT2D eigenvalue weighted by Crippen LogP contribution is 2.28. The first-order valence-electron chi connectivity index (χ1n) is 6.18. The Morgan fingerprint density at radius 3 is 2.65 bits per heavy atom. The zero-order valence-corrected chi connectivity index (χ0v) is 10.6. The van der Waals surface area contributed by atoms with Gasteiger partial charge in [0, 0.05) is 37.9 Å². The Morgan fingerprint density at radius 1 is 1.29 bits per heavy atom. The first-order chi connectivity index (χ1) is 8.16. The molecule has 0 unspecified atom stereocenters. The molecule has 0 aliphatic carbocycles. The van der Waals surface area contributed by atoms with E-state index in [0.717, 1.165) is 31.9 Å². The van der Waals surface area contributed by atoms with Gasteiger partial charge in [0.15, 0.2) is 0 Å². The first-order valence-corrected chi connectivity index (χ1v) is 6.18. The standard InChI is InChI=1S/C13H21N3O/c1-10(2)17-13-9-11(3-4-12(13)14)16-7-5-15-6-8-16/h3-4,9-10,15H,5-8,14H2,1-2H3. The maximum absolute atomic E-state index is 5.91. The third-order valence-corrected chi connectivity index (χ3v) is 2.84. The number of anilines is 2. The molecule has 1 aromatic rings. The van der Waals surface area contributed by atoms with Gasteiger partial charge in [-0.25, -0.2) is 0 Å². The summed E-state index contributed by atoms with van der Waals surface area (Å²) in [4.78, 5) is 2.35. The van der Waals surface area contributed by atoms with Crippen molar-refractivity contribution in [2.75, 3.05) is 36.8 Å². The van der Waals surface area contributed by atoms with E-state index < -0.39 is 0 Å². The summed E-state index contributed by atoms with van der Waals surface area (Å²) in [5, 5.41) is 3.35. The normalized spacial score (nSPS) is 16.3. The van der Waals surface area contributed by atoms with Crippen molar-refractivity contribution in [3.8, 4) is 5.75 Å². The number of benzene rings is 1. The molecule has 1 aliphatic heterocycles. The number of nitrogen functional groups attached to an aromatic ring is 1. The van der Waals surface area contributed by atoms with E-state index in [1.54, 1.807) is 0 Å². The molecule has 94 valence electrons. The minimum atomic E-state index is 0.149. The molecule has 1 heterocycles. The third-order valence-electron chi connectivity index (χ3n) is 2.84. The van der Waals surface area contributed by atoms with Gasteiger partial charge in [0.05, 0.1) is 11.8 Å². The van der Waals surface area contributed by atoms with Crippen LogP contribution in [0.1, 0.15) is 13.8 Å². The fourth-order valence-corrected chi connectivity index (χ4v) is 2.00. The van der Waals surface area contributed by atoms with Gasteiger partial charge in [-0.2, -0.15) is 0 Å². The molecule has 2 rings (SSSR count). The maximum atomic E-state index is 5.91. The maximum Gasteiger partial charge on any atom is 0.144 e. The molecule has 0 amide bonds. The predicted molar refractivity (Wildman–Crippen MR) is 71.7 cm³/mol. The Balaban J connectivity index is 2.17. The van der Waals surface area contributed by atoms with Gasteiger partial charge in [-0.3, -0.25) is 0 Å². The summed E-state index contributed by atoms with van der Waals surface area (Å²) in [6, 6.07) is 6.03. The molecule has 4 nitrogen and oxygen atoms in total. The average Bonchev–Trinajstić information content (AvgIpc) is 2.32. The molecule has 0 aromatic heterocycles. The van der Waals surface area contributed by atoms with Crippen molar-refractivity contribution in [2.45, 2.75) is 20.0 Å². The van der Waals surface area contributed by atoms with E-state index >= 15 is 0 Å². The topological polar surface area (TPSA) is 50.5 Å². The minimum absolute atomic E-state index is 0.149. The van der Waals surface area contributed by atoms with Crippen molar-refractivity contribution in [1.82, 2.24) is 5.32 Å². The summed E-state index contributed by atoms with van der Waals surface area (Å²) in [7, 11) is 0. The highest BCUT2D eigenvalue weighted by Gasteiger charge is 2.12. The third kappa shape index (κ3) is 3.03. The fraction of sp³-hybridized carbons (Fsp3) is 0.538. The average molecular weight is 235 g/mol. The van der Waals surface area contributed by atoms with E-state index in [1.165, 1.54) is 5.69 Å². The molecular weight excluding hydrogens is 214 g/mol. The number of hydrogen-bond acceptors (Lipinski definition) is 4. The van der Waals surface area contributed by atoms with Gasteiger partial charge in [0.2, 0.25) is 0 Å². The Hall–Kier alpha value is -1.42. The first kappa shape index (κ1) is 12.0. The summed E-state index contributed by atoms with van der Waals surface area (Å²) in [6.07, 6.45) is 0.149. The van der Waals surface area contributed by atoms with E-state index in [1.807, 2.05) is 26.0 Å². The van der Waals surface area contributed by atoms with Crippen LogP contribution in [0.3, 0.4) is 0 Å². The molecule has 0 bridgehead atoms. The lowest BCUT2D eigenvalue weighted by Gasteiger charge is -2.30. The lowest BCUT2D eigenvalue weighted by molar-refractivity contribution is 0.244. The molecule has 0 spiro atoms. The lowest BCUT2D eigenvalue weighted by Crippen LogP contribution is -2.43.